The van der Waals surface area contributed by atoms with Gasteiger partial charge in [-0.2, -0.15) is 0 Å². The summed E-state index contributed by atoms with van der Waals surface area (Å²) in [5.41, 5.74) is 0. The van der Waals surface area contributed by atoms with Crippen LogP contribution in [0.2, 0.25) is 0 Å². The molecule has 0 aliphatic heterocycles. The van der Waals surface area contributed by atoms with Crippen LogP contribution in [-0.4, -0.2) is 6.29 Å². The van der Waals surface area contributed by atoms with Crippen LogP contribution in [0.15, 0.2) is 0 Å². The molecule has 0 saturated carbocycles. The van der Waals surface area contributed by atoms with Gasteiger partial charge in [0.05, 0.1) is 0 Å². The molecule has 1 atom stereocenters. The number of carbonyl (C=O) groups excluding carboxylic acids is 1. The Morgan fingerprint density at radius 3 is 0.788 bits per heavy atom. The molecular formula is C32H63O. The first-order chi connectivity index (χ1) is 16.3. The third-order valence-electron chi connectivity index (χ3n) is 7.48. The second kappa shape index (κ2) is 29.7. The Morgan fingerprint density at radius 1 is 0.364 bits per heavy atom. The van der Waals surface area contributed by atoms with Gasteiger partial charge in [0.1, 0.15) is 0 Å². The van der Waals surface area contributed by atoms with Gasteiger partial charge < -0.3 is 0 Å². The Kier molecular flexibility index (Phi) is 29.4. The summed E-state index contributed by atoms with van der Waals surface area (Å²) in [5, 5.41) is 0. The fourth-order valence-electron chi connectivity index (χ4n) is 5.08. The molecule has 0 rings (SSSR count). The van der Waals surface area contributed by atoms with Crippen molar-refractivity contribution in [3.8, 4) is 0 Å². The van der Waals surface area contributed by atoms with Gasteiger partial charge >= 0.3 is 0 Å². The molecule has 1 radical (unpaired) electrons. The predicted octanol–water partition coefficient (Wildman–Crippen LogP) is 11.7. The van der Waals surface area contributed by atoms with E-state index in [2.05, 4.69) is 20.1 Å². The van der Waals surface area contributed by atoms with Gasteiger partial charge in [-0.15, -0.1) is 0 Å². The van der Waals surface area contributed by atoms with E-state index in [1.165, 1.54) is 167 Å². The Morgan fingerprint density at radius 2 is 0.576 bits per heavy atom. The first kappa shape index (κ1) is 32.7. The Bertz CT molecular complexity index is 350. The minimum absolute atomic E-state index is 0.213. The molecule has 1 unspecified atom stereocenters. The average molecular weight is 464 g/mol. The third-order valence-corrected chi connectivity index (χ3v) is 7.48. The molecular weight excluding hydrogens is 400 g/mol. The summed E-state index contributed by atoms with van der Waals surface area (Å²) < 4.78 is 0. The van der Waals surface area contributed by atoms with Crippen LogP contribution >= 0.6 is 0 Å². The van der Waals surface area contributed by atoms with Gasteiger partial charge in [-0.25, -0.2) is 0 Å². The van der Waals surface area contributed by atoms with E-state index in [0.29, 0.717) is 0 Å². The molecule has 0 aromatic carbocycles. The van der Waals surface area contributed by atoms with E-state index < -0.39 is 0 Å². The summed E-state index contributed by atoms with van der Waals surface area (Å²) in [7, 11) is 0. The normalized spacial score (nSPS) is 12.3. The van der Waals surface area contributed by atoms with Gasteiger partial charge in [0.15, 0.2) is 0 Å². The molecule has 0 aromatic rings. The third kappa shape index (κ3) is 27.8. The zero-order valence-corrected chi connectivity index (χ0v) is 23.3. The molecule has 0 aliphatic carbocycles. The molecule has 0 spiro atoms. The molecule has 0 fully saturated rings. The van der Waals surface area contributed by atoms with Gasteiger partial charge in [0.25, 0.3) is 0 Å². The molecule has 0 amide bonds. The summed E-state index contributed by atoms with van der Waals surface area (Å²) in [4.78, 5) is 11.3. The minimum Gasteiger partial charge on any atom is -0.291 e. The fraction of sp³-hybridized carbons (Fsp3) is 0.969. The van der Waals surface area contributed by atoms with E-state index in [0.717, 1.165) is 12.8 Å². The quantitative estimate of drug-likeness (QED) is 0.101. The first-order valence-electron chi connectivity index (χ1n) is 15.7. The van der Waals surface area contributed by atoms with Gasteiger partial charge in [-0.3, -0.25) is 4.79 Å². The largest absolute Gasteiger partial charge is 0.291 e. The molecule has 0 N–H and O–H groups in total. The maximum Gasteiger partial charge on any atom is 0.201 e. The maximum absolute atomic E-state index is 11.3. The summed E-state index contributed by atoms with van der Waals surface area (Å²) in [6.07, 6.45) is 40.8. The lowest BCUT2D eigenvalue weighted by molar-refractivity contribution is 0.448. The van der Waals surface area contributed by atoms with Crippen LogP contribution in [0.25, 0.3) is 0 Å². The summed E-state index contributed by atoms with van der Waals surface area (Å²) in [6.45, 7) is 4.58. The van der Waals surface area contributed by atoms with Crippen molar-refractivity contribution in [2.24, 2.45) is 5.92 Å². The van der Waals surface area contributed by atoms with Crippen LogP contribution in [0, 0.1) is 5.92 Å². The predicted molar refractivity (Wildman–Crippen MR) is 150 cm³/mol. The lowest BCUT2D eigenvalue weighted by Gasteiger charge is -2.09. The molecule has 0 heterocycles. The van der Waals surface area contributed by atoms with Gasteiger partial charge in [0, 0.05) is 5.92 Å². The van der Waals surface area contributed by atoms with Crippen molar-refractivity contribution < 1.29 is 4.79 Å². The van der Waals surface area contributed by atoms with E-state index in [4.69, 9.17) is 0 Å². The van der Waals surface area contributed by atoms with Crippen molar-refractivity contribution >= 4 is 6.29 Å². The van der Waals surface area contributed by atoms with Crippen LogP contribution < -0.4 is 0 Å². The Labute approximate surface area is 210 Å². The number of hydrogen-bond acceptors (Lipinski definition) is 1. The van der Waals surface area contributed by atoms with E-state index in [9.17, 15) is 4.79 Å². The standard InChI is InChI=1S/C32H63O/c1-3-5-7-9-11-13-15-17-18-20-22-24-26-28-30-32(31-33)29-27-25-23-21-19-16-14-12-10-8-6-4-2/h32H,3-30H2,1-2H3. The fourth-order valence-corrected chi connectivity index (χ4v) is 5.08. The zero-order valence-electron chi connectivity index (χ0n) is 23.3. The average Bonchev–Trinajstić information content (AvgIpc) is 2.83. The Hall–Kier alpha value is -0.330. The van der Waals surface area contributed by atoms with E-state index in [1.807, 2.05) is 0 Å². The lowest BCUT2D eigenvalue weighted by atomic mass is 9.95. The van der Waals surface area contributed by atoms with E-state index in [-0.39, 0.29) is 5.92 Å². The molecule has 0 saturated heterocycles. The monoisotopic (exact) mass is 463 g/mol. The smallest absolute Gasteiger partial charge is 0.201 e. The van der Waals surface area contributed by atoms with Crippen LogP contribution in [0.5, 0.6) is 0 Å². The van der Waals surface area contributed by atoms with Crippen LogP contribution in [0.4, 0.5) is 0 Å². The minimum atomic E-state index is 0.213. The molecule has 197 valence electrons. The van der Waals surface area contributed by atoms with Crippen molar-refractivity contribution in [2.45, 2.75) is 194 Å². The molecule has 0 bridgehead atoms. The van der Waals surface area contributed by atoms with Crippen molar-refractivity contribution in [3.63, 3.8) is 0 Å². The molecule has 1 heteroatoms. The van der Waals surface area contributed by atoms with E-state index in [1.54, 1.807) is 0 Å². The highest BCUT2D eigenvalue weighted by Gasteiger charge is 2.08. The van der Waals surface area contributed by atoms with Gasteiger partial charge in [-0.1, -0.05) is 181 Å². The second-order valence-electron chi connectivity index (χ2n) is 10.9. The molecule has 0 aliphatic rings. The number of rotatable bonds is 29. The lowest BCUT2D eigenvalue weighted by Crippen LogP contribution is -2.02. The highest BCUT2D eigenvalue weighted by atomic mass is 16.1. The van der Waals surface area contributed by atoms with Crippen molar-refractivity contribution in [1.29, 1.82) is 0 Å². The van der Waals surface area contributed by atoms with Crippen LogP contribution in [-0.2, 0) is 4.79 Å². The molecule has 33 heavy (non-hydrogen) atoms. The maximum atomic E-state index is 11.3. The van der Waals surface area contributed by atoms with Gasteiger partial charge in [-0.05, 0) is 12.8 Å². The summed E-state index contributed by atoms with van der Waals surface area (Å²) in [6, 6.07) is 0. The van der Waals surface area contributed by atoms with Crippen molar-refractivity contribution in [3.05, 3.63) is 0 Å². The molecule has 1 nitrogen and oxygen atoms in total. The van der Waals surface area contributed by atoms with Crippen molar-refractivity contribution in [2.75, 3.05) is 0 Å². The summed E-state index contributed by atoms with van der Waals surface area (Å²) in [5.74, 6) is 0.213. The zero-order chi connectivity index (χ0) is 24.1. The number of hydrogen-bond donors (Lipinski definition) is 0. The van der Waals surface area contributed by atoms with Crippen molar-refractivity contribution in [1.82, 2.24) is 0 Å². The Balaban J connectivity index is 3.27. The topological polar surface area (TPSA) is 17.1 Å². The SMILES string of the molecule is CCCCCCCCCCCCCCCCC([C]=O)CCCCCCCCCCCCCC. The highest BCUT2D eigenvalue weighted by molar-refractivity contribution is 5.54. The van der Waals surface area contributed by atoms with E-state index >= 15 is 0 Å². The first-order valence-corrected chi connectivity index (χ1v) is 15.7. The van der Waals surface area contributed by atoms with Crippen LogP contribution in [0.3, 0.4) is 0 Å². The van der Waals surface area contributed by atoms with Gasteiger partial charge in [0.2, 0.25) is 6.29 Å². The molecule has 0 aromatic heterocycles. The highest BCUT2D eigenvalue weighted by Crippen LogP contribution is 2.19. The summed E-state index contributed by atoms with van der Waals surface area (Å²) >= 11 is 0. The number of unbranched alkanes of at least 4 members (excludes halogenated alkanes) is 24. The van der Waals surface area contributed by atoms with Crippen LogP contribution in [0.1, 0.15) is 194 Å². The second-order valence-corrected chi connectivity index (χ2v) is 10.9.